The van der Waals surface area contributed by atoms with E-state index in [0.29, 0.717) is 31.7 Å². The molecule has 1 aliphatic rings. The van der Waals surface area contributed by atoms with Gasteiger partial charge >= 0.3 is 7.05 Å². The van der Waals surface area contributed by atoms with Gasteiger partial charge in [-0.15, -0.1) is 0 Å². The zero-order chi connectivity index (χ0) is 14.6. The Morgan fingerprint density at radius 3 is 2.90 bits per heavy atom. The molecule has 1 fully saturated rings. The quantitative estimate of drug-likeness (QED) is 0.624. The maximum absolute atomic E-state index is 13.8. The number of rotatable bonds is 5. The number of piperidine rings is 1. The van der Waals surface area contributed by atoms with E-state index >= 15 is 0 Å². The molecule has 2 N–H and O–H groups in total. The lowest BCUT2D eigenvalue weighted by atomic mass is 9.89. The standard InChI is InChI=1S/C13H19BFN3O2/c1-14(20)17-12-8-11(2-5-16-12)9-18-6-3-13(15,10-19)4-7-18/h2,5,8,10,20H,3-4,6-7,9H2,1H3,(H,16,17). The average molecular weight is 279 g/mol. The summed E-state index contributed by atoms with van der Waals surface area (Å²) in [6.45, 7) is 3.44. The molecule has 108 valence electrons. The average Bonchev–Trinajstić information content (AvgIpc) is 2.41. The molecule has 1 saturated heterocycles. The Kier molecular flexibility index (Phi) is 4.72. The summed E-state index contributed by atoms with van der Waals surface area (Å²) in [5.74, 6) is 0.613. The van der Waals surface area contributed by atoms with Gasteiger partial charge in [0.1, 0.15) is 5.82 Å². The third kappa shape index (κ3) is 4.01. The van der Waals surface area contributed by atoms with E-state index in [4.69, 9.17) is 0 Å². The van der Waals surface area contributed by atoms with Gasteiger partial charge in [-0.05, 0) is 24.5 Å². The lowest BCUT2D eigenvalue weighted by Gasteiger charge is -2.33. The van der Waals surface area contributed by atoms with Gasteiger partial charge in [0.25, 0.3) is 0 Å². The van der Waals surface area contributed by atoms with Crippen molar-refractivity contribution in [2.45, 2.75) is 31.9 Å². The first-order chi connectivity index (χ1) is 9.50. The number of aromatic nitrogens is 1. The van der Waals surface area contributed by atoms with Gasteiger partial charge in [-0.2, -0.15) is 0 Å². The first-order valence-electron chi connectivity index (χ1n) is 6.78. The van der Waals surface area contributed by atoms with Gasteiger partial charge in [-0.3, -0.25) is 9.69 Å². The molecular formula is C13H19BFN3O2. The van der Waals surface area contributed by atoms with Crippen molar-refractivity contribution in [3.05, 3.63) is 23.9 Å². The molecule has 0 saturated carbocycles. The van der Waals surface area contributed by atoms with Crippen LogP contribution in [0.5, 0.6) is 0 Å². The molecule has 1 aliphatic heterocycles. The van der Waals surface area contributed by atoms with E-state index in [1.807, 2.05) is 12.1 Å². The Balaban J connectivity index is 1.92. The minimum absolute atomic E-state index is 0.250. The van der Waals surface area contributed by atoms with Gasteiger partial charge in [0.05, 0.1) is 0 Å². The van der Waals surface area contributed by atoms with E-state index in [9.17, 15) is 14.2 Å². The predicted molar refractivity (Wildman–Crippen MR) is 76.1 cm³/mol. The molecule has 20 heavy (non-hydrogen) atoms. The van der Waals surface area contributed by atoms with Crippen LogP contribution in [-0.4, -0.2) is 47.0 Å². The van der Waals surface area contributed by atoms with Crippen molar-refractivity contribution in [1.29, 1.82) is 0 Å². The second-order valence-corrected chi connectivity index (χ2v) is 5.30. The van der Waals surface area contributed by atoms with Gasteiger partial charge < -0.3 is 10.3 Å². The summed E-state index contributed by atoms with van der Waals surface area (Å²) in [7, 11) is -0.660. The maximum atomic E-state index is 13.8. The maximum Gasteiger partial charge on any atom is 0.408 e. The normalized spacial score (nSPS) is 18.6. The van der Waals surface area contributed by atoms with Crippen LogP contribution in [0.15, 0.2) is 18.3 Å². The number of pyridine rings is 1. The number of nitrogens with zero attached hydrogens (tertiary/aromatic N) is 2. The molecule has 7 heteroatoms. The van der Waals surface area contributed by atoms with Crippen LogP contribution in [0.25, 0.3) is 0 Å². The number of aldehydes is 1. The van der Waals surface area contributed by atoms with Crippen molar-refractivity contribution in [1.82, 2.24) is 9.88 Å². The van der Waals surface area contributed by atoms with Crippen LogP contribution in [0.1, 0.15) is 18.4 Å². The molecule has 0 spiro atoms. The molecule has 0 amide bonds. The van der Waals surface area contributed by atoms with Gasteiger partial charge in [-0.25, -0.2) is 9.37 Å². The zero-order valence-electron chi connectivity index (χ0n) is 11.6. The topological polar surface area (TPSA) is 65.5 Å². The number of nitrogens with one attached hydrogen (secondary N) is 1. The Bertz CT molecular complexity index is 465. The summed E-state index contributed by atoms with van der Waals surface area (Å²) in [6, 6.07) is 3.76. The van der Waals surface area contributed by atoms with Crippen molar-refractivity contribution in [2.75, 3.05) is 18.3 Å². The highest BCUT2D eigenvalue weighted by atomic mass is 19.1. The minimum Gasteiger partial charge on any atom is -0.433 e. The third-order valence-electron chi connectivity index (χ3n) is 3.49. The summed E-state index contributed by atoms with van der Waals surface area (Å²) in [6.07, 6.45) is 2.61. The molecule has 2 heterocycles. The number of anilines is 1. The van der Waals surface area contributed by atoms with E-state index in [1.165, 1.54) is 0 Å². The fourth-order valence-corrected chi connectivity index (χ4v) is 2.32. The molecule has 0 radical (unpaired) electrons. The van der Waals surface area contributed by atoms with Crippen LogP contribution in [-0.2, 0) is 11.3 Å². The summed E-state index contributed by atoms with van der Waals surface area (Å²) in [5, 5.41) is 12.1. The number of likely N-dealkylation sites (tertiary alicyclic amines) is 1. The van der Waals surface area contributed by atoms with Gasteiger partial charge in [0.15, 0.2) is 12.0 Å². The predicted octanol–water partition coefficient (Wildman–Crippen LogP) is 1.11. The number of carbonyl (C=O) groups excluding carboxylic acids is 1. The fraction of sp³-hybridized carbons (Fsp3) is 0.538. The SMILES string of the molecule is CB(O)Nc1cc(CN2CCC(F)(C=O)CC2)ccn1. The Labute approximate surface area is 118 Å². The number of carbonyl (C=O) groups is 1. The Morgan fingerprint density at radius 2 is 2.30 bits per heavy atom. The summed E-state index contributed by atoms with van der Waals surface area (Å²) in [5.41, 5.74) is -0.603. The zero-order valence-corrected chi connectivity index (χ0v) is 11.6. The molecule has 1 aromatic heterocycles. The van der Waals surface area contributed by atoms with E-state index in [0.717, 1.165) is 5.56 Å². The summed E-state index contributed by atoms with van der Waals surface area (Å²) in [4.78, 5) is 16.9. The highest BCUT2D eigenvalue weighted by molar-refractivity contribution is 6.52. The molecule has 1 aromatic rings. The second kappa shape index (κ2) is 6.32. The van der Waals surface area contributed by atoms with E-state index in [1.54, 1.807) is 13.0 Å². The molecule has 0 aliphatic carbocycles. The van der Waals surface area contributed by atoms with Crippen molar-refractivity contribution < 1.29 is 14.2 Å². The number of halogens is 1. The van der Waals surface area contributed by atoms with Gasteiger partial charge in [0, 0.05) is 38.7 Å². The van der Waals surface area contributed by atoms with Crippen LogP contribution < -0.4 is 5.23 Å². The van der Waals surface area contributed by atoms with Crippen LogP contribution in [0.2, 0.25) is 6.82 Å². The van der Waals surface area contributed by atoms with Crippen LogP contribution >= 0.6 is 0 Å². The fourth-order valence-electron chi connectivity index (χ4n) is 2.32. The van der Waals surface area contributed by atoms with Crippen LogP contribution in [0.3, 0.4) is 0 Å². The van der Waals surface area contributed by atoms with Crippen molar-refractivity contribution in [2.24, 2.45) is 0 Å². The Morgan fingerprint density at radius 1 is 1.60 bits per heavy atom. The second-order valence-electron chi connectivity index (χ2n) is 5.30. The van der Waals surface area contributed by atoms with Gasteiger partial charge in [-0.1, -0.05) is 0 Å². The van der Waals surface area contributed by atoms with Crippen molar-refractivity contribution >= 4 is 19.2 Å². The summed E-state index contributed by atoms with van der Waals surface area (Å²) >= 11 is 0. The molecule has 0 aromatic carbocycles. The van der Waals surface area contributed by atoms with E-state index in [2.05, 4.69) is 15.1 Å². The highest BCUT2D eigenvalue weighted by Crippen LogP contribution is 2.25. The molecule has 5 nitrogen and oxygen atoms in total. The molecular weight excluding hydrogens is 260 g/mol. The van der Waals surface area contributed by atoms with E-state index in [-0.39, 0.29) is 12.8 Å². The van der Waals surface area contributed by atoms with Crippen molar-refractivity contribution in [3.8, 4) is 0 Å². The molecule has 0 atom stereocenters. The lowest BCUT2D eigenvalue weighted by molar-refractivity contribution is -0.120. The molecule has 2 rings (SSSR count). The smallest absolute Gasteiger partial charge is 0.408 e. The highest BCUT2D eigenvalue weighted by Gasteiger charge is 2.33. The first-order valence-corrected chi connectivity index (χ1v) is 6.78. The first kappa shape index (κ1) is 14.9. The minimum atomic E-state index is -1.65. The Hall–Kier alpha value is -1.47. The monoisotopic (exact) mass is 279 g/mol. The van der Waals surface area contributed by atoms with Gasteiger partial charge in [0.2, 0.25) is 0 Å². The largest absolute Gasteiger partial charge is 0.433 e. The number of hydrogen-bond donors (Lipinski definition) is 2. The molecule has 0 unspecified atom stereocenters. The van der Waals surface area contributed by atoms with Crippen LogP contribution in [0, 0.1) is 0 Å². The number of hydrogen-bond acceptors (Lipinski definition) is 5. The molecule has 0 bridgehead atoms. The lowest BCUT2D eigenvalue weighted by Crippen LogP contribution is -2.42. The van der Waals surface area contributed by atoms with Crippen LogP contribution in [0.4, 0.5) is 10.2 Å². The number of alkyl halides is 1. The van der Waals surface area contributed by atoms with E-state index < -0.39 is 12.7 Å². The summed E-state index contributed by atoms with van der Waals surface area (Å²) < 4.78 is 13.8. The third-order valence-corrected chi connectivity index (χ3v) is 3.49. The van der Waals surface area contributed by atoms with Crippen molar-refractivity contribution in [3.63, 3.8) is 0 Å².